The van der Waals surface area contributed by atoms with Crippen molar-refractivity contribution in [1.29, 1.82) is 0 Å². The molecule has 1 fully saturated rings. The lowest BCUT2D eigenvalue weighted by atomic mass is 10.1. The number of halogens is 1. The zero-order chi connectivity index (χ0) is 17.5. The number of hydrogen-bond donors (Lipinski definition) is 2. The van der Waals surface area contributed by atoms with Crippen molar-refractivity contribution in [3.63, 3.8) is 0 Å². The highest BCUT2D eigenvalue weighted by Crippen LogP contribution is 2.15. The van der Waals surface area contributed by atoms with Gasteiger partial charge in [0.1, 0.15) is 18.1 Å². The fourth-order valence-corrected chi connectivity index (χ4v) is 2.39. The number of carbonyl (C=O) groups is 1. The summed E-state index contributed by atoms with van der Waals surface area (Å²) in [6, 6.07) is 3.84. The molecule has 2 rings (SSSR count). The number of likely N-dealkylation sites (N-methyl/N-ethyl adjacent to an activating group) is 1. The van der Waals surface area contributed by atoms with Crippen molar-refractivity contribution in [1.82, 2.24) is 15.5 Å². The molecule has 2 N–H and O–H groups in total. The van der Waals surface area contributed by atoms with E-state index in [1.165, 1.54) is 4.90 Å². The molecule has 0 spiro atoms. The summed E-state index contributed by atoms with van der Waals surface area (Å²) in [6.45, 7) is 6.37. The van der Waals surface area contributed by atoms with Crippen LogP contribution in [0.1, 0.15) is 30.9 Å². The largest absolute Gasteiger partial charge is 0.464 e. The van der Waals surface area contributed by atoms with Crippen molar-refractivity contribution in [2.75, 3.05) is 40.4 Å². The summed E-state index contributed by atoms with van der Waals surface area (Å²) in [7, 11) is 3.45. The van der Waals surface area contributed by atoms with Gasteiger partial charge in [-0.05, 0) is 32.4 Å². The second kappa shape index (κ2) is 10.6. The number of aliphatic imine (C=N–C) groups is 1. The molecule has 0 radical (unpaired) electrons. The molecule has 1 aliphatic rings. The van der Waals surface area contributed by atoms with Crippen molar-refractivity contribution < 1.29 is 13.9 Å². The Labute approximate surface area is 166 Å². The number of nitrogens with one attached hydrogen (secondary N) is 2. The molecule has 0 aromatic carbocycles. The maximum atomic E-state index is 11.8. The molecule has 0 bridgehead atoms. The highest BCUT2D eigenvalue weighted by molar-refractivity contribution is 14.0. The fourth-order valence-electron chi connectivity index (χ4n) is 2.39. The summed E-state index contributed by atoms with van der Waals surface area (Å²) in [5.41, 5.74) is 0. The van der Waals surface area contributed by atoms with Crippen LogP contribution in [0.4, 0.5) is 0 Å². The Morgan fingerprint density at radius 3 is 2.76 bits per heavy atom. The lowest BCUT2D eigenvalue weighted by Gasteiger charge is -2.19. The van der Waals surface area contributed by atoms with Gasteiger partial charge < -0.3 is 24.7 Å². The van der Waals surface area contributed by atoms with E-state index < -0.39 is 0 Å². The Balaban J connectivity index is 0.00000312. The Bertz CT molecular complexity index is 568. The summed E-state index contributed by atoms with van der Waals surface area (Å²) >= 11 is 0. The van der Waals surface area contributed by atoms with Crippen LogP contribution in [0, 0.1) is 12.8 Å². The Kier molecular flexibility index (Phi) is 9.26. The minimum Gasteiger partial charge on any atom is -0.464 e. The molecule has 2 heterocycles. The van der Waals surface area contributed by atoms with E-state index in [1.807, 2.05) is 26.0 Å². The molecular formula is C17H29IN4O3. The molecule has 2 unspecified atom stereocenters. The maximum Gasteiger partial charge on any atom is 0.243 e. The van der Waals surface area contributed by atoms with Crippen LogP contribution in [0.25, 0.3) is 0 Å². The van der Waals surface area contributed by atoms with Gasteiger partial charge in [-0.2, -0.15) is 0 Å². The first-order chi connectivity index (χ1) is 11.5. The zero-order valence-electron chi connectivity index (χ0n) is 15.4. The smallest absolute Gasteiger partial charge is 0.243 e. The topological polar surface area (TPSA) is 79.1 Å². The van der Waals surface area contributed by atoms with E-state index >= 15 is 0 Å². The molecule has 1 amide bonds. The van der Waals surface area contributed by atoms with Gasteiger partial charge in [-0.15, -0.1) is 24.0 Å². The van der Waals surface area contributed by atoms with Gasteiger partial charge in [-0.3, -0.25) is 4.79 Å². The van der Waals surface area contributed by atoms with Gasteiger partial charge in [0.25, 0.3) is 0 Å². The average Bonchev–Trinajstić information content (AvgIpc) is 3.20. The third-order valence-corrected chi connectivity index (χ3v) is 3.99. The number of carbonyl (C=O) groups excluding carboxylic acids is 1. The Morgan fingerprint density at radius 2 is 2.20 bits per heavy atom. The van der Waals surface area contributed by atoms with Crippen LogP contribution >= 0.6 is 24.0 Å². The first-order valence-corrected chi connectivity index (χ1v) is 8.34. The summed E-state index contributed by atoms with van der Waals surface area (Å²) < 4.78 is 11.0. The van der Waals surface area contributed by atoms with Crippen LogP contribution in [0.3, 0.4) is 0 Å². The Morgan fingerprint density at radius 1 is 1.44 bits per heavy atom. The van der Waals surface area contributed by atoms with Crippen LogP contribution in [0.15, 0.2) is 21.5 Å². The predicted molar refractivity (Wildman–Crippen MR) is 108 cm³/mol. The van der Waals surface area contributed by atoms with E-state index in [2.05, 4.69) is 15.6 Å². The molecule has 7 nitrogen and oxygen atoms in total. The van der Waals surface area contributed by atoms with Crippen molar-refractivity contribution in [3.8, 4) is 0 Å². The molecule has 8 heteroatoms. The number of ether oxygens (including phenoxy) is 1. The third kappa shape index (κ3) is 7.23. The minimum atomic E-state index is -0.0424. The summed E-state index contributed by atoms with van der Waals surface area (Å²) in [4.78, 5) is 17.7. The normalized spacial score (nSPS) is 18.4. The maximum absolute atomic E-state index is 11.8. The number of nitrogens with zero attached hydrogens (tertiary/aromatic N) is 2. The second-order valence-corrected chi connectivity index (χ2v) is 6.38. The average molecular weight is 464 g/mol. The lowest BCUT2D eigenvalue weighted by molar-refractivity contribution is -0.127. The molecule has 1 saturated heterocycles. The van der Waals surface area contributed by atoms with Crippen molar-refractivity contribution >= 4 is 35.8 Å². The first-order valence-electron chi connectivity index (χ1n) is 8.34. The molecule has 142 valence electrons. The second-order valence-electron chi connectivity index (χ2n) is 6.38. The van der Waals surface area contributed by atoms with E-state index in [0.717, 1.165) is 37.7 Å². The summed E-state index contributed by atoms with van der Waals surface area (Å²) in [5, 5.41) is 6.61. The van der Waals surface area contributed by atoms with Crippen molar-refractivity contribution in [2.45, 2.75) is 26.3 Å². The highest BCUT2D eigenvalue weighted by atomic mass is 127. The fraction of sp³-hybridized carbons (Fsp3) is 0.647. The van der Waals surface area contributed by atoms with Gasteiger partial charge >= 0.3 is 0 Å². The Hall–Kier alpha value is -1.29. The van der Waals surface area contributed by atoms with Crippen LogP contribution in [0.5, 0.6) is 0 Å². The van der Waals surface area contributed by atoms with Gasteiger partial charge in [-0.1, -0.05) is 0 Å². The third-order valence-electron chi connectivity index (χ3n) is 3.99. The van der Waals surface area contributed by atoms with E-state index in [0.29, 0.717) is 11.9 Å². The number of guanidine groups is 1. The van der Waals surface area contributed by atoms with Crippen molar-refractivity contribution in [2.24, 2.45) is 10.9 Å². The minimum absolute atomic E-state index is 0. The highest BCUT2D eigenvalue weighted by Gasteiger charge is 2.17. The van der Waals surface area contributed by atoms with Gasteiger partial charge in [0.15, 0.2) is 5.96 Å². The quantitative estimate of drug-likeness (QED) is 0.382. The first kappa shape index (κ1) is 21.8. The van der Waals surface area contributed by atoms with E-state index in [9.17, 15) is 4.79 Å². The van der Waals surface area contributed by atoms with Gasteiger partial charge in [0.05, 0.1) is 12.6 Å². The number of amides is 1. The van der Waals surface area contributed by atoms with E-state index in [-0.39, 0.29) is 42.5 Å². The molecule has 1 aliphatic heterocycles. The lowest BCUT2D eigenvalue weighted by Crippen LogP contribution is -2.42. The molecule has 1 aromatic rings. The number of aryl methyl sites for hydroxylation is 1. The summed E-state index contributed by atoms with van der Waals surface area (Å²) in [6.07, 6.45) is 1.05. The standard InChI is InChI=1S/C17H28N4O3.HI/c1-12-5-6-15(24-12)13(2)20-17(19-10-16(22)21(3)4)18-9-14-7-8-23-11-14;/h5-6,13-14H,7-11H2,1-4H3,(H2,18,19,20);1H. The monoisotopic (exact) mass is 464 g/mol. The number of furan rings is 1. The van der Waals surface area contributed by atoms with E-state index in [4.69, 9.17) is 9.15 Å². The SMILES string of the molecule is Cc1ccc(C(C)NC(=NCC(=O)N(C)C)NCC2CCOC2)o1.I. The number of rotatable bonds is 6. The van der Waals surface area contributed by atoms with Crippen LogP contribution in [-0.2, 0) is 9.53 Å². The van der Waals surface area contributed by atoms with Crippen LogP contribution in [0.2, 0.25) is 0 Å². The molecular weight excluding hydrogens is 435 g/mol. The molecule has 0 saturated carbocycles. The molecule has 1 aromatic heterocycles. The van der Waals surface area contributed by atoms with E-state index in [1.54, 1.807) is 14.1 Å². The zero-order valence-corrected chi connectivity index (χ0v) is 17.7. The van der Waals surface area contributed by atoms with Gasteiger partial charge in [0, 0.05) is 33.2 Å². The predicted octanol–water partition coefficient (Wildman–Crippen LogP) is 1.93. The van der Waals surface area contributed by atoms with Gasteiger partial charge in [0.2, 0.25) is 5.91 Å². The molecule has 0 aliphatic carbocycles. The van der Waals surface area contributed by atoms with Gasteiger partial charge in [-0.25, -0.2) is 4.99 Å². The van der Waals surface area contributed by atoms with Crippen LogP contribution < -0.4 is 10.6 Å². The van der Waals surface area contributed by atoms with Crippen molar-refractivity contribution in [3.05, 3.63) is 23.7 Å². The number of hydrogen-bond acceptors (Lipinski definition) is 4. The van der Waals surface area contributed by atoms with Crippen LogP contribution in [-0.4, -0.2) is 57.2 Å². The molecule has 25 heavy (non-hydrogen) atoms. The molecule has 2 atom stereocenters. The summed E-state index contributed by atoms with van der Waals surface area (Å²) in [5.74, 6) is 2.75.